The van der Waals surface area contributed by atoms with Gasteiger partial charge in [-0.25, -0.2) is 14.8 Å². The van der Waals surface area contributed by atoms with Gasteiger partial charge in [-0.1, -0.05) is 24.3 Å². The number of ether oxygens (including phenoxy) is 3. The fraction of sp³-hybridized carbons (Fsp3) is 0.333. The van der Waals surface area contributed by atoms with Gasteiger partial charge >= 0.3 is 6.09 Å². The van der Waals surface area contributed by atoms with E-state index in [2.05, 4.69) is 20.6 Å². The summed E-state index contributed by atoms with van der Waals surface area (Å²) in [5, 5.41) is 5.98. The summed E-state index contributed by atoms with van der Waals surface area (Å²) in [7, 11) is 4.00. The van der Waals surface area contributed by atoms with E-state index in [9.17, 15) is 9.59 Å². The number of fused-ring (bicyclic) bond motifs is 1. The summed E-state index contributed by atoms with van der Waals surface area (Å²) in [6.45, 7) is 2.05. The van der Waals surface area contributed by atoms with Crippen LogP contribution >= 0.6 is 0 Å². The van der Waals surface area contributed by atoms with Crippen molar-refractivity contribution >= 4 is 29.2 Å². The van der Waals surface area contributed by atoms with E-state index in [1.54, 1.807) is 30.5 Å². The highest BCUT2D eigenvalue weighted by atomic mass is 16.6. The van der Waals surface area contributed by atoms with Crippen LogP contribution in [0.4, 0.5) is 22.1 Å². The van der Waals surface area contributed by atoms with Crippen LogP contribution in [0.5, 0.6) is 0 Å². The number of benzene rings is 2. The van der Waals surface area contributed by atoms with Crippen molar-refractivity contribution in [1.82, 2.24) is 9.97 Å². The van der Waals surface area contributed by atoms with Gasteiger partial charge in [0.05, 0.1) is 24.9 Å². The average Bonchev–Trinajstić information content (AvgIpc) is 3.47. The molecule has 2 fully saturated rings. The normalized spacial score (nSPS) is 22.2. The molecule has 192 valence electrons. The molecule has 0 saturated carbocycles. The third-order valence-electron chi connectivity index (χ3n) is 6.43. The Kier molecular flexibility index (Phi) is 7.02. The van der Waals surface area contributed by atoms with Gasteiger partial charge in [-0.2, -0.15) is 0 Å². The molecule has 0 bridgehead atoms. The Balaban J connectivity index is 1.19. The zero-order valence-electron chi connectivity index (χ0n) is 20.9. The number of nitrogens with zero attached hydrogens (tertiary/aromatic N) is 3. The first-order chi connectivity index (χ1) is 17.9. The number of Topliss-reactive ketones (excluding diaryl/α,β-unsaturated/α-hetero) is 1. The molecule has 2 aromatic carbocycles. The molecule has 5 rings (SSSR count). The van der Waals surface area contributed by atoms with Crippen LogP contribution < -0.4 is 15.5 Å². The Labute approximate surface area is 215 Å². The van der Waals surface area contributed by atoms with Crippen molar-refractivity contribution in [2.45, 2.75) is 31.3 Å². The maximum absolute atomic E-state index is 12.5. The molecule has 10 nitrogen and oxygen atoms in total. The fourth-order valence-corrected chi connectivity index (χ4v) is 4.47. The molecular weight excluding hydrogens is 474 g/mol. The highest BCUT2D eigenvalue weighted by Crippen LogP contribution is 2.31. The van der Waals surface area contributed by atoms with E-state index in [1.807, 2.05) is 49.3 Å². The summed E-state index contributed by atoms with van der Waals surface area (Å²) >= 11 is 0. The Morgan fingerprint density at radius 1 is 1.03 bits per heavy atom. The molecule has 0 spiro atoms. The maximum Gasteiger partial charge on any atom is 0.412 e. The molecule has 0 unspecified atom stereocenters. The summed E-state index contributed by atoms with van der Waals surface area (Å²) in [5.74, 6) is 0.387. The maximum atomic E-state index is 12.5. The summed E-state index contributed by atoms with van der Waals surface area (Å²) in [5.41, 5.74) is 3.89. The Hall–Kier alpha value is -4.02. The Bertz CT molecular complexity index is 1280. The zero-order chi connectivity index (χ0) is 25.9. The minimum atomic E-state index is -0.633. The monoisotopic (exact) mass is 503 g/mol. The summed E-state index contributed by atoms with van der Waals surface area (Å²) in [6.07, 6.45) is -0.203. The van der Waals surface area contributed by atoms with Crippen molar-refractivity contribution in [3.05, 3.63) is 66.4 Å². The van der Waals surface area contributed by atoms with Crippen LogP contribution in [-0.2, 0) is 14.2 Å². The summed E-state index contributed by atoms with van der Waals surface area (Å²) in [6, 6.07) is 16.5. The van der Waals surface area contributed by atoms with E-state index in [0.29, 0.717) is 23.8 Å². The zero-order valence-corrected chi connectivity index (χ0v) is 20.9. The first-order valence-corrected chi connectivity index (χ1v) is 12.1. The van der Waals surface area contributed by atoms with Gasteiger partial charge in [0, 0.05) is 42.8 Å². The predicted octanol–water partition coefficient (Wildman–Crippen LogP) is 3.61. The van der Waals surface area contributed by atoms with Crippen molar-refractivity contribution in [2.24, 2.45) is 0 Å². The number of anilines is 3. The molecule has 3 aromatic rings. The van der Waals surface area contributed by atoms with Crippen molar-refractivity contribution in [3.63, 3.8) is 0 Å². The Morgan fingerprint density at radius 3 is 2.57 bits per heavy atom. The second kappa shape index (κ2) is 10.5. The highest BCUT2D eigenvalue weighted by Gasteiger charge is 2.49. The molecule has 1 amide bonds. The van der Waals surface area contributed by atoms with Gasteiger partial charge in [-0.3, -0.25) is 10.1 Å². The number of carbonyl (C=O) groups excluding carboxylic acids is 2. The molecule has 1 aromatic heterocycles. The topological polar surface area (TPSA) is 115 Å². The second-order valence-electron chi connectivity index (χ2n) is 9.26. The molecule has 3 heterocycles. The van der Waals surface area contributed by atoms with Gasteiger partial charge < -0.3 is 24.4 Å². The molecule has 0 aliphatic carbocycles. The number of hydrogen-bond donors (Lipinski definition) is 2. The third-order valence-corrected chi connectivity index (χ3v) is 6.43. The van der Waals surface area contributed by atoms with Crippen LogP contribution in [0.1, 0.15) is 17.3 Å². The number of hydrogen-bond acceptors (Lipinski definition) is 9. The van der Waals surface area contributed by atoms with Crippen LogP contribution in [0.15, 0.2) is 60.8 Å². The van der Waals surface area contributed by atoms with Gasteiger partial charge in [0.1, 0.15) is 12.2 Å². The molecule has 0 radical (unpaired) electrons. The van der Waals surface area contributed by atoms with Crippen LogP contribution in [-0.4, -0.2) is 73.5 Å². The lowest BCUT2D eigenvalue weighted by Gasteiger charge is -2.18. The average molecular weight is 504 g/mol. The summed E-state index contributed by atoms with van der Waals surface area (Å²) in [4.78, 5) is 35.1. The third kappa shape index (κ3) is 5.55. The first-order valence-electron chi connectivity index (χ1n) is 12.1. The van der Waals surface area contributed by atoms with Gasteiger partial charge in [0.15, 0.2) is 11.9 Å². The van der Waals surface area contributed by atoms with E-state index in [1.165, 1.54) is 6.92 Å². The minimum Gasteiger partial charge on any atom is -0.441 e. The quantitative estimate of drug-likeness (QED) is 0.467. The number of aromatic nitrogens is 2. The van der Waals surface area contributed by atoms with Gasteiger partial charge in [0.2, 0.25) is 5.95 Å². The molecule has 37 heavy (non-hydrogen) atoms. The minimum absolute atomic E-state index is 0.0845. The van der Waals surface area contributed by atoms with Gasteiger partial charge in [-0.05, 0) is 37.3 Å². The first kappa shape index (κ1) is 24.7. The lowest BCUT2D eigenvalue weighted by atomic mass is 10.1. The van der Waals surface area contributed by atoms with E-state index >= 15 is 0 Å². The van der Waals surface area contributed by atoms with E-state index in [4.69, 9.17) is 14.2 Å². The second-order valence-corrected chi connectivity index (χ2v) is 9.26. The van der Waals surface area contributed by atoms with Crippen molar-refractivity contribution in [2.75, 3.05) is 42.8 Å². The fourth-order valence-electron chi connectivity index (χ4n) is 4.47. The van der Waals surface area contributed by atoms with E-state index < -0.39 is 18.3 Å². The SMILES string of the molecule is CC(=O)c1cccc(NC(=O)O[C@@H]2CO[C@H]3[C@@H]2OC[C@@H]3Nc2nccc(-c3ccc(N(C)C)cc3)n2)c1. The molecule has 10 heteroatoms. The smallest absolute Gasteiger partial charge is 0.412 e. The number of rotatable bonds is 7. The van der Waals surface area contributed by atoms with Gasteiger partial charge in [-0.15, -0.1) is 0 Å². The molecule has 2 aliphatic heterocycles. The largest absolute Gasteiger partial charge is 0.441 e. The van der Waals surface area contributed by atoms with Crippen LogP contribution in [0.2, 0.25) is 0 Å². The molecule has 2 N–H and O–H groups in total. The molecule has 4 atom stereocenters. The van der Waals surface area contributed by atoms with E-state index in [0.717, 1.165) is 16.9 Å². The molecule has 2 saturated heterocycles. The Morgan fingerprint density at radius 2 is 1.81 bits per heavy atom. The number of ketones is 1. The number of nitrogens with one attached hydrogen (secondary N) is 2. The summed E-state index contributed by atoms with van der Waals surface area (Å²) < 4.78 is 17.4. The highest BCUT2D eigenvalue weighted by molar-refractivity contribution is 5.96. The molecular formula is C27H29N5O5. The van der Waals surface area contributed by atoms with Crippen LogP contribution in [0.3, 0.4) is 0 Å². The molecule has 2 aliphatic rings. The lowest BCUT2D eigenvalue weighted by Crippen LogP contribution is -2.38. The van der Waals surface area contributed by atoms with Crippen LogP contribution in [0, 0.1) is 0 Å². The van der Waals surface area contributed by atoms with Crippen molar-refractivity contribution in [3.8, 4) is 11.3 Å². The predicted molar refractivity (Wildman–Crippen MR) is 139 cm³/mol. The van der Waals surface area contributed by atoms with Crippen LogP contribution in [0.25, 0.3) is 11.3 Å². The van der Waals surface area contributed by atoms with Crippen molar-refractivity contribution in [1.29, 1.82) is 0 Å². The number of carbonyl (C=O) groups is 2. The van der Waals surface area contributed by atoms with Crippen molar-refractivity contribution < 1.29 is 23.8 Å². The lowest BCUT2D eigenvalue weighted by molar-refractivity contribution is 0.00916. The van der Waals surface area contributed by atoms with Gasteiger partial charge in [0.25, 0.3) is 0 Å². The van der Waals surface area contributed by atoms with E-state index in [-0.39, 0.29) is 24.5 Å². The number of amides is 1. The standard InChI is InChI=1S/C27H29N5O5/c1-16(33)18-5-4-6-19(13-18)29-27(34)37-23-15-36-24-22(14-35-25(23)24)31-26-28-12-11-21(30-26)17-7-9-20(10-8-17)32(2)3/h4-13,22-25H,14-15H2,1-3H3,(H,29,34)(H,28,30,31)/t22-,23+,24+,25+/m0/s1.